The number of carbonyl (C=O) groups excluding carboxylic acids is 2. The summed E-state index contributed by atoms with van der Waals surface area (Å²) >= 11 is 0. The number of fused-ring (bicyclic) bond motifs is 1. The van der Waals surface area contributed by atoms with Crippen LogP contribution < -0.4 is 20.2 Å². The number of rotatable bonds is 15. The van der Waals surface area contributed by atoms with E-state index in [9.17, 15) is 23.1 Å². The zero-order valence-electron chi connectivity index (χ0n) is 25.8. The second-order valence-electron chi connectivity index (χ2n) is 11.4. The molecule has 0 aromatic heterocycles. The van der Waals surface area contributed by atoms with Gasteiger partial charge in [-0.05, 0) is 43.0 Å². The first-order valence-electron chi connectivity index (χ1n) is 14.8. The Morgan fingerprint density at radius 2 is 1.67 bits per heavy atom. The standard InChI is InChI=1S/C31H46N4O7S/c1-6-23(4)16-31(38)35(33-30(37)19-32-5)26(17-24-10-8-7-9-11-24)27(36)21-34(20-22(2)3)43(39,40)25-12-13-28-29(18-25)42-15-14-41-28/h7-13,18,22-23,26-27,32,36H,6,14-17,19-21H2,1-5H3,(H,33,37)/t23-,26-,27+/m0/s1. The van der Waals surface area contributed by atoms with Crippen molar-refractivity contribution in [1.82, 2.24) is 20.1 Å². The van der Waals surface area contributed by atoms with Gasteiger partial charge in [0.25, 0.3) is 5.91 Å². The SMILES string of the molecule is CC[C@H](C)CC(=O)N(NC(=O)CNC)[C@@H](Cc1ccccc1)[C@H](O)CN(CC(C)C)S(=O)(=O)c1ccc2c(c1)OCCO2. The number of nitrogens with zero attached hydrogens (tertiary/aromatic N) is 2. The first-order chi connectivity index (χ1) is 20.5. The van der Waals surface area contributed by atoms with Gasteiger partial charge in [0.15, 0.2) is 11.5 Å². The molecule has 3 N–H and O–H groups in total. The smallest absolute Gasteiger partial charge is 0.252 e. The Labute approximate surface area is 255 Å². The third kappa shape index (κ3) is 9.65. The van der Waals surface area contributed by atoms with Crippen LogP contribution in [0.4, 0.5) is 0 Å². The first kappa shape index (κ1) is 34.3. The van der Waals surface area contributed by atoms with Crippen molar-refractivity contribution < 1.29 is 32.6 Å². The third-order valence-electron chi connectivity index (χ3n) is 7.25. The van der Waals surface area contributed by atoms with Crippen LogP contribution >= 0.6 is 0 Å². The Morgan fingerprint density at radius 1 is 1.00 bits per heavy atom. The van der Waals surface area contributed by atoms with Gasteiger partial charge in [-0.3, -0.25) is 15.0 Å². The summed E-state index contributed by atoms with van der Waals surface area (Å²) < 4.78 is 40.4. The maximum absolute atomic E-state index is 14.0. The minimum absolute atomic E-state index is 0.0104. The van der Waals surface area contributed by atoms with Crippen molar-refractivity contribution in [1.29, 1.82) is 0 Å². The van der Waals surface area contributed by atoms with Crippen LogP contribution in [0.3, 0.4) is 0 Å². The van der Waals surface area contributed by atoms with Crippen LogP contribution in [0.25, 0.3) is 0 Å². The number of hydrogen-bond donors (Lipinski definition) is 3. The maximum atomic E-state index is 14.0. The predicted octanol–water partition coefficient (Wildman–Crippen LogP) is 2.59. The van der Waals surface area contributed by atoms with Gasteiger partial charge in [-0.2, -0.15) is 4.31 Å². The normalized spacial score (nSPS) is 15.2. The highest BCUT2D eigenvalue weighted by molar-refractivity contribution is 7.89. The van der Waals surface area contributed by atoms with Crippen molar-refractivity contribution in [3.8, 4) is 11.5 Å². The van der Waals surface area contributed by atoms with Crippen LogP contribution in [-0.2, 0) is 26.0 Å². The van der Waals surface area contributed by atoms with Gasteiger partial charge in [0.2, 0.25) is 15.9 Å². The van der Waals surface area contributed by atoms with Gasteiger partial charge in [-0.25, -0.2) is 13.4 Å². The highest BCUT2D eigenvalue weighted by atomic mass is 32.2. The molecule has 1 aliphatic heterocycles. The Morgan fingerprint density at radius 3 is 2.30 bits per heavy atom. The number of hydrazine groups is 1. The molecular weight excluding hydrogens is 572 g/mol. The van der Waals surface area contributed by atoms with E-state index in [2.05, 4.69) is 10.7 Å². The quantitative estimate of drug-likeness (QED) is 0.259. The fraction of sp³-hybridized carbons (Fsp3) is 0.548. The zero-order chi connectivity index (χ0) is 31.6. The van der Waals surface area contributed by atoms with E-state index in [0.717, 1.165) is 12.0 Å². The van der Waals surface area contributed by atoms with Crippen molar-refractivity contribution in [3.05, 3.63) is 54.1 Å². The highest BCUT2D eigenvalue weighted by Gasteiger charge is 2.36. The number of nitrogens with one attached hydrogen (secondary N) is 2. The lowest BCUT2D eigenvalue weighted by molar-refractivity contribution is -0.148. The van der Waals surface area contributed by atoms with E-state index < -0.39 is 28.1 Å². The van der Waals surface area contributed by atoms with Gasteiger partial charge in [-0.15, -0.1) is 0 Å². The molecule has 0 fully saturated rings. The number of ether oxygens (including phenoxy) is 2. The van der Waals surface area contributed by atoms with Crippen LogP contribution in [0.2, 0.25) is 0 Å². The lowest BCUT2D eigenvalue weighted by Crippen LogP contribution is -2.60. The molecule has 12 heteroatoms. The molecule has 0 bridgehead atoms. The minimum atomic E-state index is -4.09. The van der Waals surface area contributed by atoms with Crippen molar-refractivity contribution in [2.75, 3.05) is 39.9 Å². The van der Waals surface area contributed by atoms with E-state index in [0.29, 0.717) is 24.7 Å². The van der Waals surface area contributed by atoms with E-state index in [1.165, 1.54) is 21.4 Å². The van der Waals surface area contributed by atoms with Crippen molar-refractivity contribution in [3.63, 3.8) is 0 Å². The number of likely N-dealkylation sites (N-methyl/N-ethyl adjacent to an activating group) is 1. The second-order valence-corrected chi connectivity index (χ2v) is 13.3. The largest absolute Gasteiger partial charge is 0.486 e. The predicted molar refractivity (Wildman–Crippen MR) is 164 cm³/mol. The lowest BCUT2D eigenvalue weighted by atomic mass is 9.98. The molecule has 11 nitrogen and oxygen atoms in total. The van der Waals surface area contributed by atoms with Crippen LogP contribution in [0, 0.1) is 11.8 Å². The second kappa shape index (κ2) is 16.0. The number of carbonyl (C=O) groups is 2. The summed E-state index contributed by atoms with van der Waals surface area (Å²) in [6.07, 6.45) is -0.249. The molecule has 1 aliphatic rings. The van der Waals surface area contributed by atoms with Gasteiger partial charge in [0.1, 0.15) is 13.2 Å². The Hall–Kier alpha value is -3.19. The van der Waals surface area contributed by atoms with Gasteiger partial charge >= 0.3 is 0 Å². The molecule has 0 unspecified atom stereocenters. The number of benzene rings is 2. The number of aliphatic hydroxyl groups is 1. The number of aliphatic hydroxyl groups excluding tert-OH is 1. The van der Waals surface area contributed by atoms with Gasteiger partial charge in [0, 0.05) is 25.6 Å². The summed E-state index contributed by atoms with van der Waals surface area (Å²) in [5, 5.41) is 15.8. The summed E-state index contributed by atoms with van der Waals surface area (Å²) in [5.74, 6) is -0.0224. The summed E-state index contributed by atoms with van der Waals surface area (Å²) in [6.45, 7) is 8.17. The Balaban J connectivity index is 2.00. The minimum Gasteiger partial charge on any atom is -0.486 e. The fourth-order valence-electron chi connectivity index (χ4n) is 4.80. The van der Waals surface area contributed by atoms with E-state index in [-0.39, 0.29) is 55.1 Å². The summed E-state index contributed by atoms with van der Waals surface area (Å²) in [6, 6.07) is 12.8. The molecule has 2 aromatic carbocycles. The van der Waals surface area contributed by atoms with Crippen LogP contribution in [0.1, 0.15) is 46.1 Å². The molecule has 0 saturated heterocycles. The van der Waals surface area contributed by atoms with Gasteiger partial charge in [0.05, 0.1) is 23.6 Å². The monoisotopic (exact) mass is 618 g/mol. The molecule has 0 aliphatic carbocycles. The topological polar surface area (TPSA) is 138 Å². The number of hydrogen-bond acceptors (Lipinski definition) is 8. The van der Waals surface area contributed by atoms with Crippen LogP contribution in [0.15, 0.2) is 53.4 Å². The average molecular weight is 619 g/mol. The lowest BCUT2D eigenvalue weighted by Gasteiger charge is -2.37. The fourth-order valence-corrected chi connectivity index (χ4v) is 6.44. The van der Waals surface area contributed by atoms with E-state index >= 15 is 0 Å². The van der Waals surface area contributed by atoms with Gasteiger partial charge in [-0.1, -0.05) is 64.4 Å². The van der Waals surface area contributed by atoms with E-state index in [4.69, 9.17) is 9.47 Å². The average Bonchev–Trinajstić information content (AvgIpc) is 2.98. The summed E-state index contributed by atoms with van der Waals surface area (Å²) in [5.41, 5.74) is 3.51. The Kier molecular flexibility index (Phi) is 12.8. The number of sulfonamides is 1. The molecule has 0 spiro atoms. The highest BCUT2D eigenvalue weighted by Crippen LogP contribution is 2.33. The molecule has 1 heterocycles. The third-order valence-corrected chi connectivity index (χ3v) is 9.07. The van der Waals surface area contributed by atoms with Gasteiger partial charge < -0.3 is 19.9 Å². The molecule has 0 radical (unpaired) electrons. The molecule has 3 atom stereocenters. The maximum Gasteiger partial charge on any atom is 0.252 e. The molecular formula is C31H46N4O7S. The summed E-state index contributed by atoms with van der Waals surface area (Å²) in [7, 11) is -2.48. The molecule has 3 rings (SSSR count). The van der Waals surface area contributed by atoms with Crippen molar-refractivity contribution >= 4 is 21.8 Å². The van der Waals surface area contributed by atoms with Crippen LogP contribution in [-0.4, -0.2) is 86.7 Å². The summed E-state index contributed by atoms with van der Waals surface area (Å²) in [4.78, 5) is 26.4. The number of amides is 2. The zero-order valence-corrected chi connectivity index (χ0v) is 26.6. The van der Waals surface area contributed by atoms with Crippen molar-refractivity contribution in [2.45, 2.75) is 64.0 Å². The van der Waals surface area contributed by atoms with Crippen molar-refractivity contribution in [2.24, 2.45) is 11.8 Å². The molecule has 43 heavy (non-hydrogen) atoms. The molecule has 2 aromatic rings. The van der Waals surface area contributed by atoms with E-state index in [1.54, 1.807) is 13.1 Å². The molecule has 0 saturated carbocycles. The molecule has 238 valence electrons. The first-order valence-corrected chi connectivity index (χ1v) is 16.3. The van der Waals surface area contributed by atoms with E-state index in [1.807, 2.05) is 58.0 Å². The van der Waals surface area contributed by atoms with Crippen LogP contribution in [0.5, 0.6) is 11.5 Å². The molecule has 2 amide bonds. The Bertz CT molecular complexity index is 1310.